The summed E-state index contributed by atoms with van der Waals surface area (Å²) in [5.41, 5.74) is 0.734. The Morgan fingerprint density at radius 2 is 1.84 bits per heavy atom. The summed E-state index contributed by atoms with van der Waals surface area (Å²) in [7, 11) is 2.70. The maximum absolute atomic E-state index is 12.6. The molecule has 10 nitrogen and oxygen atoms in total. The van der Waals surface area contributed by atoms with E-state index in [9.17, 15) is 14.4 Å². The van der Waals surface area contributed by atoms with E-state index < -0.39 is 23.1 Å². The van der Waals surface area contributed by atoms with Gasteiger partial charge in [0.15, 0.2) is 5.82 Å². The van der Waals surface area contributed by atoms with Crippen LogP contribution in [-0.2, 0) is 23.7 Å². The molecule has 2 aromatic rings. The van der Waals surface area contributed by atoms with E-state index in [4.69, 9.17) is 25.9 Å². The number of aromatic nitrogens is 2. The van der Waals surface area contributed by atoms with Gasteiger partial charge in [0.2, 0.25) is 5.75 Å². The van der Waals surface area contributed by atoms with Gasteiger partial charge < -0.3 is 14.8 Å². The third-order valence-electron chi connectivity index (χ3n) is 3.88. The highest BCUT2D eigenvalue weighted by Gasteiger charge is 2.21. The van der Waals surface area contributed by atoms with Crippen LogP contribution in [0.3, 0.4) is 0 Å². The van der Waals surface area contributed by atoms with Crippen LogP contribution in [0, 0.1) is 3.57 Å². The first-order valence-corrected chi connectivity index (χ1v) is 10.6. The Morgan fingerprint density at radius 1 is 1.16 bits per heavy atom. The lowest BCUT2D eigenvalue weighted by molar-refractivity contribution is -0.0514. The summed E-state index contributed by atoms with van der Waals surface area (Å²) in [5, 5.41) is 3.25. The second kappa shape index (κ2) is 10.5. The van der Waals surface area contributed by atoms with Gasteiger partial charge >= 0.3 is 17.3 Å². The van der Waals surface area contributed by atoms with E-state index in [0.29, 0.717) is 10.7 Å². The zero-order valence-corrected chi connectivity index (χ0v) is 20.7. The maximum atomic E-state index is 12.6. The Morgan fingerprint density at radius 3 is 2.45 bits per heavy atom. The molecule has 2 N–H and O–H groups in total. The van der Waals surface area contributed by atoms with Crippen molar-refractivity contribution in [1.29, 1.82) is 0 Å². The average Bonchev–Trinajstić information content (AvgIpc) is 2.67. The van der Waals surface area contributed by atoms with Crippen molar-refractivity contribution in [2.24, 2.45) is 14.1 Å². The average molecular weight is 567 g/mol. The first-order chi connectivity index (χ1) is 14.4. The highest BCUT2D eigenvalue weighted by Crippen LogP contribution is 2.29. The summed E-state index contributed by atoms with van der Waals surface area (Å²) >= 11 is 8.34. The molecule has 0 aliphatic heterocycles. The van der Waals surface area contributed by atoms with Gasteiger partial charge in [0, 0.05) is 17.7 Å². The number of nitrogens with zero attached hydrogens (tertiary/aromatic N) is 2. The lowest BCUT2D eigenvalue weighted by Gasteiger charge is -2.19. The molecule has 0 bridgehead atoms. The van der Waals surface area contributed by atoms with Crippen LogP contribution in [-0.4, -0.2) is 34.0 Å². The summed E-state index contributed by atoms with van der Waals surface area (Å²) in [4.78, 5) is 42.2. The largest absolute Gasteiger partial charge is 0.437 e. The molecule has 2 rings (SSSR count). The molecule has 0 radical (unpaired) electrons. The molecule has 0 unspecified atom stereocenters. The van der Waals surface area contributed by atoms with Crippen LogP contribution in [0.2, 0.25) is 5.02 Å². The molecule has 1 aromatic carbocycles. The molecule has 0 saturated carbocycles. The number of amides is 1. The number of benzene rings is 1. The fourth-order valence-electron chi connectivity index (χ4n) is 2.38. The van der Waals surface area contributed by atoms with Crippen molar-refractivity contribution in [3.63, 3.8) is 0 Å². The van der Waals surface area contributed by atoms with E-state index in [1.165, 1.54) is 14.1 Å². The number of nitrogens with one attached hydrogen (secondary N) is 2. The van der Waals surface area contributed by atoms with Gasteiger partial charge in [-0.25, -0.2) is 9.59 Å². The van der Waals surface area contributed by atoms with Gasteiger partial charge in [0.25, 0.3) is 0 Å². The Kier molecular flexibility index (Phi) is 8.51. The van der Waals surface area contributed by atoms with Gasteiger partial charge in [-0.05, 0) is 61.6 Å². The van der Waals surface area contributed by atoms with Crippen molar-refractivity contribution in [1.82, 2.24) is 14.6 Å². The number of halogens is 2. The number of hydroxylamine groups is 1. The van der Waals surface area contributed by atoms with Crippen molar-refractivity contribution in [3.8, 4) is 5.75 Å². The second-order valence-electron chi connectivity index (χ2n) is 7.43. The molecule has 1 aromatic heterocycles. The van der Waals surface area contributed by atoms with Crippen molar-refractivity contribution in [3.05, 3.63) is 47.6 Å². The minimum absolute atomic E-state index is 0.0394. The molecule has 0 aliphatic rings. The molecule has 0 saturated heterocycles. The summed E-state index contributed by atoms with van der Waals surface area (Å²) < 4.78 is 13.5. The number of ether oxygens (including phenoxy) is 2. The minimum atomic E-state index is -1.04. The topological polar surface area (TPSA) is 113 Å². The van der Waals surface area contributed by atoms with Gasteiger partial charge in [0.05, 0.1) is 29.5 Å². The van der Waals surface area contributed by atoms with Gasteiger partial charge in [-0.3, -0.25) is 18.8 Å². The Balaban J connectivity index is 2.23. The third kappa shape index (κ3) is 6.95. The highest BCUT2D eigenvalue weighted by molar-refractivity contribution is 14.1. The zero-order chi connectivity index (χ0) is 23.3. The first kappa shape index (κ1) is 25.2. The molecule has 12 heteroatoms. The molecule has 0 aliphatic carbocycles. The van der Waals surface area contributed by atoms with E-state index >= 15 is 0 Å². The number of rotatable bonds is 7. The van der Waals surface area contributed by atoms with Gasteiger partial charge in [-0.1, -0.05) is 11.6 Å². The maximum Gasteiger partial charge on any atom is 0.437 e. The number of carbonyl (C=O) groups excluding carboxylic acids is 1. The standard InChI is InChI=1S/C19H24ClIN4O6/c1-19(2,3)29-8-9-30-23-17(27)31-14-15(24(4)18(28)25(5)16(14)26)22-13-7-6-11(21)10-12(13)20/h6-7,10,22H,8-9H2,1-5H3,(H,23,27). The summed E-state index contributed by atoms with van der Waals surface area (Å²) in [5.74, 6) is -0.436. The lowest BCUT2D eigenvalue weighted by atomic mass is 10.2. The van der Waals surface area contributed by atoms with Crippen LogP contribution in [0.25, 0.3) is 0 Å². The zero-order valence-electron chi connectivity index (χ0n) is 17.7. The quantitative estimate of drug-likeness (QED) is 0.301. The monoisotopic (exact) mass is 566 g/mol. The Labute approximate surface area is 197 Å². The first-order valence-electron chi connectivity index (χ1n) is 9.16. The van der Waals surface area contributed by atoms with Crippen LogP contribution < -0.4 is 26.8 Å². The molecule has 0 fully saturated rings. The van der Waals surface area contributed by atoms with Gasteiger partial charge in [-0.2, -0.15) is 5.48 Å². The third-order valence-corrected chi connectivity index (χ3v) is 4.86. The predicted molar refractivity (Wildman–Crippen MR) is 125 cm³/mol. The van der Waals surface area contributed by atoms with Crippen LogP contribution in [0.1, 0.15) is 20.8 Å². The van der Waals surface area contributed by atoms with Crippen molar-refractivity contribution >= 4 is 51.8 Å². The van der Waals surface area contributed by atoms with Gasteiger partial charge in [0.1, 0.15) is 0 Å². The summed E-state index contributed by atoms with van der Waals surface area (Å²) in [6.07, 6.45) is -1.04. The van der Waals surface area contributed by atoms with Crippen LogP contribution in [0.5, 0.6) is 5.75 Å². The second-order valence-corrected chi connectivity index (χ2v) is 9.09. The fraction of sp³-hybridized carbons (Fsp3) is 0.421. The molecule has 1 heterocycles. The molecule has 0 atom stereocenters. The minimum Gasteiger partial charge on any atom is -0.399 e. The Bertz CT molecular complexity index is 1080. The molecule has 31 heavy (non-hydrogen) atoms. The van der Waals surface area contributed by atoms with Crippen molar-refractivity contribution in [2.45, 2.75) is 26.4 Å². The normalized spacial score (nSPS) is 11.3. The smallest absolute Gasteiger partial charge is 0.399 e. The molecule has 170 valence electrons. The number of anilines is 2. The Hall–Kier alpha value is -2.09. The predicted octanol–water partition coefficient (Wildman–Crippen LogP) is 2.92. The van der Waals surface area contributed by atoms with E-state index in [2.05, 4.69) is 33.4 Å². The van der Waals surface area contributed by atoms with E-state index in [1.807, 2.05) is 20.8 Å². The SMILES string of the molecule is Cn1c(Nc2ccc(I)cc2Cl)c(OC(=O)NOCCOC(C)(C)C)c(=O)n(C)c1=O. The highest BCUT2D eigenvalue weighted by atomic mass is 127. The number of carbonyl (C=O) groups is 1. The van der Waals surface area contributed by atoms with Crippen LogP contribution >= 0.6 is 34.2 Å². The molecular weight excluding hydrogens is 543 g/mol. The molecule has 1 amide bonds. The van der Waals surface area contributed by atoms with Crippen LogP contribution in [0.15, 0.2) is 27.8 Å². The van der Waals surface area contributed by atoms with Crippen molar-refractivity contribution in [2.75, 3.05) is 18.5 Å². The van der Waals surface area contributed by atoms with E-state index in [1.54, 1.807) is 18.2 Å². The van der Waals surface area contributed by atoms with Gasteiger partial charge in [-0.15, -0.1) is 0 Å². The van der Waals surface area contributed by atoms with Crippen molar-refractivity contribution < 1.29 is 19.1 Å². The van der Waals surface area contributed by atoms with Crippen LogP contribution in [0.4, 0.5) is 16.3 Å². The number of hydrogen-bond acceptors (Lipinski definition) is 7. The molecule has 0 spiro atoms. The van der Waals surface area contributed by atoms with E-state index in [-0.39, 0.29) is 24.6 Å². The summed E-state index contributed by atoms with van der Waals surface area (Å²) in [6.45, 7) is 5.97. The van der Waals surface area contributed by atoms with E-state index in [0.717, 1.165) is 12.7 Å². The number of hydrogen-bond donors (Lipinski definition) is 2. The summed E-state index contributed by atoms with van der Waals surface area (Å²) in [6, 6.07) is 5.16. The lowest BCUT2D eigenvalue weighted by Crippen LogP contribution is -2.40. The molecular formula is C19H24ClIN4O6. The fourth-order valence-corrected chi connectivity index (χ4v) is 3.28.